The van der Waals surface area contributed by atoms with E-state index in [9.17, 15) is 13.8 Å². The van der Waals surface area contributed by atoms with Crippen molar-refractivity contribution in [2.45, 2.75) is 18.4 Å². The molecule has 1 amide bonds. The molecule has 7 heteroatoms. The minimum atomic E-state index is -2.91. The van der Waals surface area contributed by atoms with E-state index in [1.807, 2.05) is 0 Å². The van der Waals surface area contributed by atoms with Gasteiger partial charge in [-0.2, -0.15) is 4.36 Å². The fourth-order valence-corrected chi connectivity index (χ4v) is 3.05. The molecular formula is C16H16N2O4S. The van der Waals surface area contributed by atoms with Gasteiger partial charge in [0.1, 0.15) is 10.8 Å². The summed E-state index contributed by atoms with van der Waals surface area (Å²) < 4.78 is 21.3. The minimum Gasteiger partial charge on any atom is -0.426 e. The third kappa shape index (κ3) is 4.72. The highest BCUT2D eigenvalue weighted by Crippen LogP contribution is 2.19. The number of hydrogen-bond donors (Lipinski definition) is 0. The Morgan fingerprint density at radius 3 is 2.52 bits per heavy atom. The molecule has 1 unspecified atom stereocenters. The number of pyridine rings is 1. The Kier molecular flexibility index (Phi) is 5.23. The van der Waals surface area contributed by atoms with E-state index in [2.05, 4.69) is 9.35 Å². The van der Waals surface area contributed by atoms with E-state index in [4.69, 9.17) is 4.74 Å². The Balaban J connectivity index is 2.25. The summed E-state index contributed by atoms with van der Waals surface area (Å²) in [6.45, 7) is 1.28. The van der Waals surface area contributed by atoms with Crippen LogP contribution < -0.4 is 4.74 Å². The molecule has 0 aliphatic heterocycles. The van der Waals surface area contributed by atoms with Gasteiger partial charge in [-0.3, -0.25) is 9.59 Å². The average Bonchev–Trinajstić information content (AvgIpc) is 2.49. The Morgan fingerprint density at radius 1 is 1.17 bits per heavy atom. The van der Waals surface area contributed by atoms with Gasteiger partial charge in [0.15, 0.2) is 0 Å². The first-order valence-electron chi connectivity index (χ1n) is 6.81. The molecule has 1 aromatic carbocycles. The van der Waals surface area contributed by atoms with Crippen LogP contribution in [0, 0.1) is 0 Å². The van der Waals surface area contributed by atoms with E-state index in [-0.39, 0.29) is 11.4 Å². The highest BCUT2D eigenvalue weighted by Gasteiger charge is 2.13. The summed E-state index contributed by atoms with van der Waals surface area (Å²) in [5.41, 5.74) is 0.507. The number of carbonyl (C=O) groups is 2. The molecule has 2 rings (SSSR count). The Hall–Kier alpha value is -2.54. The predicted molar refractivity (Wildman–Crippen MR) is 85.5 cm³/mol. The summed E-state index contributed by atoms with van der Waals surface area (Å²) in [5.74, 6) is -0.749. The number of amides is 1. The molecule has 1 heterocycles. The standard InChI is InChI=1S/C16H16N2O4S/c1-12(19)22-14-8-4-3-7-13(14)11-15(20)18-23(2,21)16-9-5-6-10-17-16/h3-10H,11H2,1-2H3. The van der Waals surface area contributed by atoms with Gasteiger partial charge in [-0.1, -0.05) is 24.3 Å². The van der Waals surface area contributed by atoms with Crippen molar-refractivity contribution < 1.29 is 18.5 Å². The molecule has 0 aliphatic carbocycles. The van der Waals surface area contributed by atoms with Gasteiger partial charge in [-0.15, -0.1) is 0 Å². The zero-order valence-electron chi connectivity index (χ0n) is 12.8. The zero-order valence-corrected chi connectivity index (χ0v) is 13.6. The van der Waals surface area contributed by atoms with Crippen LogP contribution in [0.1, 0.15) is 12.5 Å². The molecule has 1 atom stereocenters. The summed E-state index contributed by atoms with van der Waals surface area (Å²) in [4.78, 5) is 27.2. The van der Waals surface area contributed by atoms with Crippen molar-refractivity contribution in [3.63, 3.8) is 0 Å². The third-order valence-corrected chi connectivity index (χ3v) is 4.44. The topological polar surface area (TPSA) is 85.7 Å². The lowest BCUT2D eigenvalue weighted by atomic mass is 10.1. The molecule has 0 N–H and O–H groups in total. The Bertz CT molecular complexity index is 840. The Labute approximate surface area is 134 Å². The monoisotopic (exact) mass is 332 g/mol. The number of esters is 1. The van der Waals surface area contributed by atoms with Crippen molar-refractivity contribution in [1.29, 1.82) is 0 Å². The lowest BCUT2D eigenvalue weighted by molar-refractivity contribution is -0.132. The maximum absolute atomic E-state index is 12.5. The SMILES string of the molecule is CC(=O)Oc1ccccc1CC(=O)N=S(C)(=O)c1ccccn1. The van der Waals surface area contributed by atoms with E-state index < -0.39 is 21.6 Å². The van der Waals surface area contributed by atoms with Crippen LogP contribution >= 0.6 is 0 Å². The zero-order chi connectivity index (χ0) is 16.9. The number of hydrogen-bond acceptors (Lipinski definition) is 5. The Morgan fingerprint density at radius 2 is 1.87 bits per heavy atom. The maximum Gasteiger partial charge on any atom is 0.308 e. The van der Waals surface area contributed by atoms with Crippen LogP contribution in [0.15, 0.2) is 58.1 Å². The summed E-state index contributed by atoms with van der Waals surface area (Å²) in [7, 11) is -2.91. The molecule has 0 spiro atoms. The molecule has 0 radical (unpaired) electrons. The smallest absolute Gasteiger partial charge is 0.308 e. The van der Waals surface area contributed by atoms with E-state index in [0.29, 0.717) is 11.3 Å². The number of rotatable bonds is 4. The molecule has 0 saturated heterocycles. The minimum absolute atomic E-state index is 0.110. The van der Waals surface area contributed by atoms with E-state index in [1.165, 1.54) is 19.4 Å². The second-order valence-electron chi connectivity index (χ2n) is 4.83. The first kappa shape index (κ1) is 16.8. The molecule has 6 nitrogen and oxygen atoms in total. The van der Waals surface area contributed by atoms with Crippen molar-refractivity contribution in [3.05, 3.63) is 54.2 Å². The molecule has 120 valence electrons. The second-order valence-corrected chi connectivity index (χ2v) is 7.04. The third-order valence-electron chi connectivity index (χ3n) is 2.87. The number of nitrogens with zero attached hydrogens (tertiary/aromatic N) is 2. The highest BCUT2D eigenvalue weighted by atomic mass is 32.2. The van der Waals surface area contributed by atoms with Crippen molar-refractivity contribution in [2.75, 3.05) is 6.26 Å². The van der Waals surface area contributed by atoms with Crippen LogP contribution in [-0.4, -0.2) is 27.3 Å². The van der Waals surface area contributed by atoms with Gasteiger partial charge < -0.3 is 4.74 Å². The molecule has 23 heavy (non-hydrogen) atoms. The van der Waals surface area contributed by atoms with Crippen LogP contribution in [0.5, 0.6) is 5.75 Å². The van der Waals surface area contributed by atoms with Gasteiger partial charge in [0.05, 0.1) is 16.1 Å². The van der Waals surface area contributed by atoms with Gasteiger partial charge in [-0.25, -0.2) is 9.19 Å². The van der Waals surface area contributed by atoms with E-state index in [1.54, 1.807) is 42.5 Å². The summed E-state index contributed by atoms with van der Waals surface area (Å²) in [6, 6.07) is 11.6. The van der Waals surface area contributed by atoms with Gasteiger partial charge >= 0.3 is 5.97 Å². The summed E-state index contributed by atoms with van der Waals surface area (Å²) >= 11 is 0. The lowest BCUT2D eigenvalue weighted by Crippen LogP contribution is -2.09. The second kappa shape index (κ2) is 7.15. The van der Waals surface area contributed by atoms with Crippen LogP contribution in [0.2, 0.25) is 0 Å². The number of carbonyl (C=O) groups excluding carboxylic acids is 2. The molecule has 0 aliphatic rings. The van der Waals surface area contributed by atoms with Gasteiger partial charge in [0.2, 0.25) is 0 Å². The maximum atomic E-state index is 12.5. The largest absolute Gasteiger partial charge is 0.426 e. The molecule has 0 fully saturated rings. The fraction of sp³-hybridized carbons (Fsp3) is 0.188. The van der Waals surface area contributed by atoms with Gasteiger partial charge in [0, 0.05) is 24.9 Å². The van der Waals surface area contributed by atoms with Crippen molar-refractivity contribution in [3.8, 4) is 5.75 Å². The lowest BCUT2D eigenvalue weighted by Gasteiger charge is -2.07. The number of aromatic nitrogens is 1. The first-order chi connectivity index (χ1) is 10.9. The normalized spacial score (nSPS) is 13.0. The quantitative estimate of drug-likeness (QED) is 0.633. The molecule has 0 bridgehead atoms. The molecule has 1 aromatic heterocycles. The number of para-hydroxylation sites is 1. The molecule has 0 saturated carbocycles. The van der Waals surface area contributed by atoms with Crippen molar-refractivity contribution in [1.82, 2.24) is 4.98 Å². The van der Waals surface area contributed by atoms with Crippen LogP contribution in [0.25, 0.3) is 0 Å². The number of benzene rings is 1. The van der Waals surface area contributed by atoms with Gasteiger partial charge in [-0.05, 0) is 18.2 Å². The van der Waals surface area contributed by atoms with Gasteiger partial charge in [0.25, 0.3) is 5.91 Å². The van der Waals surface area contributed by atoms with E-state index >= 15 is 0 Å². The molecular weight excluding hydrogens is 316 g/mol. The number of ether oxygens (including phenoxy) is 1. The van der Waals surface area contributed by atoms with Crippen LogP contribution in [0.4, 0.5) is 0 Å². The van der Waals surface area contributed by atoms with Crippen molar-refractivity contribution in [2.24, 2.45) is 4.36 Å². The predicted octanol–water partition coefficient (Wildman–Crippen LogP) is 2.23. The molecule has 2 aromatic rings. The van der Waals surface area contributed by atoms with E-state index in [0.717, 1.165) is 0 Å². The average molecular weight is 332 g/mol. The van der Waals surface area contributed by atoms with Crippen LogP contribution in [-0.2, 0) is 25.7 Å². The summed E-state index contributed by atoms with van der Waals surface area (Å²) in [6.07, 6.45) is 2.75. The summed E-state index contributed by atoms with van der Waals surface area (Å²) in [5, 5.41) is 0.252. The van der Waals surface area contributed by atoms with Crippen molar-refractivity contribution >= 4 is 21.6 Å². The highest BCUT2D eigenvalue weighted by molar-refractivity contribution is 7.93. The first-order valence-corrected chi connectivity index (χ1v) is 8.73. The fourth-order valence-electron chi connectivity index (χ4n) is 1.91. The van der Waals surface area contributed by atoms with Crippen LogP contribution in [0.3, 0.4) is 0 Å².